The Bertz CT molecular complexity index is 599. The quantitative estimate of drug-likeness (QED) is 0.578. The van der Waals surface area contributed by atoms with Crippen LogP contribution in [0.1, 0.15) is 17.4 Å². The largest absolute Gasteiger partial charge is 0.496 e. The lowest BCUT2D eigenvalue weighted by Crippen LogP contribution is -2.22. The maximum atomic E-state index is 10.9. The molecule has 0 bridgehead atoms. The number of benzene rings is 1. The second-order valence-corrected chi connectivity index (χ2v) is 5.67. The average molecular weight is 306 g/mol. The van der Waals surface area contributed by atoms with Crippen molar-refractivity contribution < 1.29 is 9.66 Å². The summed E-state index contributed by atoms with van der Waals surface area (Å²) in [6.07, 6.45) is 0. The summed E-state index contributed by atoms with van der Waals surface area (Å²) in [5.74, 6) is 0.685. The number of rotatable bonds is 7. The first-order valence-electron chi connectivity index (χ1n) is 6.70. The lowest BCUT2D eigenvalue weighted by molar-refractivity contribution is -0.385. The lowest BCUT2D eigenvalue weighted by Gasteiger charge is -2.20. The molecular weight excluding hydrogens is 288 g/mol. The van der Waals surface area contributed by atoms with E-state index >= 15 is 0 Å². The first-order chi connectivity index (χ1) is 10.1. The molecule has 1 aromatic carbocycles. The van der Waals surface area contributed by atoms with Crippen LogP contribution in [0.2, 0.25) is 0 Å². The third kappa shape index (κ3) is 4.03. The van der Waals surface area contributed by atoms with Crippen LogP contribution in [0.3, 0.4) is 0 Å². The van der Waals surface area contributed by atoms with Gasteiger partial charge in [-0.25, -0.2) is 0 Å². The summed E-state index contributed by atoms with van der Waals surface area (Å²) in [6, 6.07) is 8.85. The summed E-state index contributed by atoms with van der Waals surface area (Å²) >= 11 is 1.71. The number of nitrogens with zero attached hydrogens (tertiary/aromatic N) is 2. The lowest BCUT2D eigenvalue weighted by atomic mass is 10.1. The number of ether oxygens (including phenoxy) is 1. The van der Waals surface area contributed by atoms with Crippen LogP contribution in [-0.4, -0.2) is 23.5 Å². The molecule has 0 fully saturated rings. The number of non-ortho nitro benzene ring substituents is 1. The first-order valence-corrected chi connectivity index (χ1v) is 7.58. The molecule has 0 aliphatic heterocycles. The SMILES string of the molecule is CCN(Cc1cccs1)Cc1cc([N+](=O)[O-])ccc1OC. The molecule has 2 rings (SSSR count). The molecule has 0 aliphatic rings. The maximum absolute atomic E-state index is 10.9. The van der Waals surface area contributed by atoms with Crippen LogP contribution in [-0.2, 0) is 13.1 Å². The van der Waals surface area contributed by atoms with Gasteiger partial charge in [0.05, 0.1) is 12.0 Å². The molecule has 0 aliphatic carbocycles. The van der Waals surface area contributed by atoms with Crippen molar-refractivity contribution in [3.8, 4) is 5.75 Å². The van der Waals surface area contributed by atoms with Gasteiger partial charge in [-0.1, -0.05) is 13.0 Å². The van der Waals surface area contributed by atoms with Gasteiger partial charge in [-0.2, -0.15) is 0 Å². The number of hydrogen-bond donors (Lipinski definition) is 0. The Labute approximate surface area is 127 Å². The Morgan fingerprint density at radius 2 is 2.14 bits per heavy atom. The van der Waals surface area contributed by atoms with E-state index in [0.29, 0.717) is 12.3 Å². The van der Waals surface area contributed by atoms with E-state index in [1.54, 1.807) is 30.6 Å². The van der Waals surface area contributed by atoms with Gasteiger partial charge in [0.15, 0.2) is 0 Å². The molecule has 0 atom stereocenters. The standard InChI is InChI=1S/C15H18N2O3S/c1-3-16(11-14-5-4-8-21-14)10-12-9-13(17(18)19)6-7-15(12)20-2/h4-9H,3,10-11H2,1-2H3. The number of methoxy groups -OCH3 is 1. The molecule has 21 heavy (non-hydrogen) atoms. The summed E-state index contributed by atoms with van der Waals surface area (Å²) in [4.78, 5) is 14.0. The molecule has 0 saturated heterocycles. The molecule has 5 nitrogen and oxygen atoms in total. The minimum absolute atomic E-state index is 0.0953. The summed E-state index contributed by atoms with van der Waals surface area (Å²) in [5.41, 5.74) is 0.933. The second kappa shape index (κ2) is 7.19. The molecule has 1 heterocycles. The van der Waals surface area contributed by atoms with Crippen LogP contribution in [0.25, 0.3) is 0 Å². The monoisotopic (exact) mass is 306 g/mol. The molecule has 112 valence electrons. The van der Waals surface area contributed by atoms with Crippen molar-refractivity contribution in [2.24, 2.45) is 0 Å². The highest BCUT2D eigenvalue weighted by Gasteiger charge is 2.14. The Morgan fingerprint density at radius 1 is 1.33 bits per heavy atom. The van der Waals surface area contributed by atoms with Crippen LogP contribution in [0.15, 0.2) is 35.7 Å². The van der Waals surface area contributed by atoms with E-state index in [1.807, 2.05) is 6.07 Å². The van der Waals surface area contributed by atoms with Gasteiger partial charge in [0.2, 0.25) is 0 Å². The summed E-state index contributed by atoms with van der Waals surface area (Å²) in [5, 5.41) is 13.0. The van der Waals surface area contributed by atoms with Gasteiger partial charge in [-0.15, -0.1) is 11.3 Å². The zero-order valence-electron chi connectivity index (χ0n) is 12.1. The van der Waals surface area contributed by atoms with E-state index in [2.05, 4.69) is 23.3 Å². The van der Waals surface area contributed by atoms with E-state index in [-0.39, 0.29) is 10.6 Å². The maximum Gasteiger partial charge on any atom is 0.270 e. The van der Waals surface area contributed by atoms with Crippen molar-refractivity contribution in [3.05, 3.63) is 56.3 Å². The van der Waals surface area contributed by atoms with Crippen molar-refractivity contribution in [2.75, 3.05) is 13.7 Å². The summed E-state index contributed by atoms with van der Waals surface area (Å²) in [6.45, 7) is 4.40. The van der Waals surface area contributed by atoms with Gasteiger partial charge in [-0.05, 0) is 24.1 Å². The Hall–Kier alpha value is -1.92. The highest BCUT2D eigenvalue weighted by molar-refractivity contribution is 7.09. The predicted octanol–water partition coefficient (Wildman–Crippen LogP) is 3.69. The van der Waals surface area contributed by atoms with E-state index in [4.69, 9.17) is 4.74 Å². The highest BCUT2D eigenvalue weighted by Crippen LogP contribution is 2.26. The molecule has 0 N–H and O–H groups in total. The minimum Gasteiger partial charge on any atom is -0.496 e. The van der Waals surface area contributed by atoms with Crippen LogP contribution >= 0.6 is 11.3 Å². The first kappa shape index (κ1) is 15.5. The molecule has 0 saturated carbocycles. The van der Waals surface area contributed by atoms with Gasteiger partial charge in [0.25, 0.3) is 5.69 Å². The zero-order valence-corrected chi connectivity index (χ0v) is 12.9. The third-order valence-electron chi connectivity index (χ3n) is 3.28. The van der Waals surface area contributed by atoms with Gasteiger partial charge in [0, 0.05) is 35.7 Å². The summed E-state index contributed by atoms with van der Waals surface area (Å²) < 4.78 is 5.31. The van der Waals surface area contributed by atoms with Crippen LogP contribution in [0.5, 0.6) is 5.75 Å². The smallest absolute Gasteiger partial charge is 0.270 e. The Morgan fingerprint density at radius 3 is 2.71 bits per heavy atom. The predicted molar refractivity (Wildman–Crippen MR) is 83.8 cm³/mol. The van der Waals surface area contributed by atoms with Crippen molar-refractivity contribution in [1.82, 2.24) is 4.90 Å². The molecule has 1 aromatic heterocycles. The van der Waals surface area contributed by atoms with Crippen molar-refractivity contribution in [1.29, 1.82) is 0 Å². The molecule has 0 unspecified atom stereocenters. The van der Waals surface area contributed by atoms with Crippen LogP contribution < -0.4 is 4.74 Å². The van der Waals surface area contributed by atoms with E-state index in [9.17, 15) is 10.1 Å². The van der Waals surface area contributed by atoms with E-state index in [1.165, 1.54) is 10.9 Å². The average Bonchev–Trinajstić information content (AvgIpc) is 2.99. The second-order valence-electron chi connectivity index (χ2n) is 4.64. The number of nitro benzene ring substituents is 1. The van der Waals surface area contributed by atoms with Crippen LogP contribution in [0.4, 0.5) is 5.69 Å². The third-order valence-corrected chi connectivity index (χ3v) is 4.14. The van der Waals surface area contributed by atoms with Gasteiger partial charge in [0.1, 0.15) is 5.75 Å². The van der Waals surface area contributed by atoms with E-state index in [0.717, 1.165) is 18.7 Å². The fourth-order valence-electron chi connectivity index (χ4n) is 2.15. The normalized spacial score (nSPS) is 10.8. The van der Waals surface area contributed by atoms with Crippen LogP contribution in [0, 0.1) is 10.1 Å². The number of hydrogen-bond acceptors (Lipinski definition) is 5. The molecule has 0 spiro atoms. The summed E-state index contributed by atoms with van der Waals surface area (Å²) in [7, 11) is 1.58. The van der Waals surface area contributed by atoms with Gasteiger partial charge in [-0.3, -0.25) is 15.0 Å². The molecule has 6 heteroatoms. The van der Waals surface area contributed by atoms with Crippen molar-refractivity contribution >= 4 is 17.0 Å². The fourth-order valence-corrected chi connectivity index (χ4v) is 2.89. The van der Waals surface area contributed by atoms with Gasteiger partial charge >= 0.3 is 0 Å². The Kier molecular flexibility index (Phi) is 5.30. The number of thiophene rings is 1. The minimum atomic E-state index is -0.376. The highest BCUT2D eigenvalue weighted by atomic mass is 32.1. The molecular formula is C15H18N2O3S. The molecule has 2 aromatic rings. The topological polar surface area (TPSA) is 55.6 Å². The number of nitro groups is 1. The fraction of sp³-hybridized carbons (Fsp3) is 0.333. The van der Waals surface area contributed by atoms with Crippen molar-refractivity contribution in [3.63, 3.8) is 0 Å². The van der Waals surface area contributed by atoms with Gasteiger partial charge < -0.3 is 4.74 Å². The molecule has 0 radical (unpaired) electrons. The zero-order chi connectivity index (χ0) is 15.2. The van der Waals surface area contributed by atoms with Crippen molar-refractivity contribution in [2.45, 2.75) is 20.0 Å². The Balaban J connectivity index is 2.18. The van der Waals surface area contributed by atoms with E-state index < -0.39 is 0 Å². The molecule has 0 amide bonds.